The lowest BCUT2D eigenvalue weighted by atomic mass is 10.2. The van der Waals surface area contributed by atoms with E-state index in [9.17, 15) is 9.59 Å². The Balaban J connectivity index is 1.55. The molecule has 1 N–H and O–H groups in total. The molecule has 0 saturated heterocycles. The average Bonchev–Trinajstić information content (AvgIpc) is 3.18. The summed E-state index contributed by atoms with van der Waals surface area (Å²) in [5, 5.41) is 3.08. The van der Waals surface area contributed by atoms with Gasteiger partial charge in [0.2, 0.25) is 0 Å². The number of aryl methyl sites for hydroxylation is 1. The number of aromatic amines is 1. The van der Waals surface area contributed by atoms with Crippen LogP contribution in [0.15, 0.2) is 64.5 Å². The number of nitrogens with one attached hydrogen (secondary N) is 1. The Morgan fingerprint density at radius 2 is 1.77 bits per heavy atom. The van der Waals surface area contributed by atoms with Gasteiger partial charge in [0.1, 0.15) is 11.5 Å². The molecule has 8 nitrogen and oxygen atoms in total. The summed E-state index contributed by atoms with van der Waals surface area (Å²) in [5.41, 5.74) is 2.04. The smallest absolute Gasteiger partial charge is 0.321 e. The first-order valence-electron chi connectivity index (χ1n) is 9.62. The van der Waals surface area contributed by atoms with Crippen LogP contribution in [0.2, 0.25) is 0 Å². The van der Waals surface area contributed by atoms with Crippen molar-refractivity contribution in [3.05, 3.63) is 70.5 Å². The summed E-state index contributed by atoms with van der Waals surface area (Å²) in [5.74, 6) is 1.24. The highest BCUT2D eigenvalue weighted by atomic mass is 32.2. The van der Waals surface area contributed by atoms with Gasteiger partial charge in [-0.25, -0.2) is 14.5 Å². The summed E-state index contributed by atoms with van der Waals surface area (Å²) >= 11 is 1.16. The number of esters is 1. The zero-order valence-corrected chi connectivity index (χ0v) is 17.8. The Labute approximate surface area is 182 Å². The van der Waals surface area contributed by atoms with E-state index in [1.165, 1.54) is 16.1 Å². The number of ether oxygens (including phenoxy) is 2. The molecule has 0 aliphatic heterocycles. The fourth-order valence-corrected chi connectivity index (χ4v) is 3.65. The molecule has 0 radical (unpaired) electrons. The highest BCUT2D eigenvalue weighted by molar-refractivity contribution is 7.99. The molecule has 0 spiro atoms. The van der Waals surface area contributed by atoms with Gasteiger partial charge in [-0.2, -0.15) is 0 Å². The maximum Gasteiger partial charge on any atom is 0.321 e. The van der Waals surface area contributed by atoms with Gasteiger partial charge < -0.3 is 9.47 Å². The van der Waals surface area contributed by atoms with E-state index in [1.54, 1.807) is 31.4 Å². The molecule has 0 aliphatic carbocycles. The number of fused-ring (bicyclic) bond motifs is 1. The SMILES string of the molecule is CCc1ccc(OC(=O)CSc2nc(-c3ccc(OC)cc3)nc3cc(=O)[nH]n23)cc1. The zero-order valence-electron chi connectivity index (χ0n) is 17.0. The number of hydrogen-bond acceptors (Lipinski definition) is 7. The van der Waals surface area contributed by atoms with Crippen molar-refractivity contribution in [3.8, 4) is 22.9 Å². The third kappa shape index (κ3) is 4.77. The third-order valence-corrected chi connectivity index (χ3v) is 5.47. The monoisotopic (exact) mass is 436 g/mol. The number of hydrogen-bond donors (Lipinski definition) is 1. The summed E-state index contributed by atoms with van der Waals surface area (Å²) in [6.07, 6.45) is 0.916. The molecule has 2 heterocycles. The van der Waals surface area contributed by atoms with E-state index < -0.39 is 5.97 Å². The van der Waals surface area contributed by atoms with Gasteiger partial charge in [-0.3, -0.25) is 14.7 Å². The molecule has 158 valence electrons. The summed E-state index contributed by atoms with van der Waals surface area (Å²) < 4.78 is 12.0. The number of benzene rings is 2. The van der Waals surface area contributed by atoms with Crippen LogP contribution in [0.25, 0.3) is 17.0 Å². The number of carbonyl (C=O) groups is 1. The van der Waals surface area contributed by atoms with Crippen LogP contribution in [0, 0.1) is 0 Å². The minimum absolute atomic E-state index is 0.0178. The Hall–Kier alpha value is -3.59. The first-order valence-corrected chi connectivity index (χ1v) is 10.6. The molecule has 2 aromatic carbocycles. The summed E-state index contributed by atoms with van der Waals surface area (Å²) in [6, 6.07) is 16.1. The first kappa shape index (κ1) is 20.7. The summed E-state index contributed by atoms with van der Waals surface area (Å²) in [4.78, 5) is 33.1. The number of H-pyrrole nitrogens is 1. The minimum atomic E-state index is -0.415. The van der Waals surface area contributed by atoms with Crippen molar-refractivity contribution in [1.82, 2.24) is 19.6 Å². The van der Waals surface area contributed by atoms with Gasteiger partial charge in [0.15, 0.2) is 16.6 Å². The van der Waals surface area contributed by atoms with Crippen LogP contribution in [0.5, 0.6) is 11.5 Å². The van der Waals surface area contributed by atoms with Crippen LogP contribution in [0.4, 0.5) is 0 Å². The Morgan fingerprint density at radius 1 is 1.06 bits per heavy atom. The van der Waals surface area contributed by atoms with Crippen LogP contribution < -0.4 is 15.0 Å². The minimum Gasteiger partial charge on any atom is -0.497 e. The van der Waals surface area contributed by atoms with Crippen LogP contribution in [-0.2, 0) is 11.2 Å². The van der Waals surface area contributed by atoms with Crippen molar-refractivity contribution in [2.24, 2.45) is 0 Å². The fraction of sp³-hybridized carbons (Fsp3) is 0.182. The topological polar surface area (TPSA) is 98.6 Å². The van der Waals surface area contributed by atoms with Gasteiger partial charge in [-0.1, -0.05) is 30.8 Å². The molecule has 9 heteroatoms. The predicted molar refractivity (Wildman–Crippen MR) is 118 cm³/mol. The molecule has 31 heavy (non-hydrogen) atoms. The number of methoxy groups -OCH3 is 1. The average molecular weight is 436 g/mol. The number of aromatic nitrogens is 4. The molecule has 0 aliphatic rings. The standard InChI is InChI=1S/C22H20N4O4S/c1-3-14-4-8-17(9-5-14)30-20(28)13-31-22-24-21(15-6-10-16(29-2)11-7-15)23-18-12-19(27)25-26(18)22/h4-12H,3,13H2,1-2H3,(H,25,27). The molecular formula is C22H20N4O4S. The Morgan fingerprint density at radius 3 is 2.45 bits per heavy atom. The van der Waals surface area contributed by atoms with E-state index in [1.807, 2.05) is 24.3 Å². The van der Waals surface area contributed by atoms with Crippen molar-refractivity contribution < 1.29 is 14.3 Å². The fourth-order valence-electron chi connectivity index (χ4n) is 2.93. The van der Waals surface area contributed by atoms with E-state index in [2.05, 4.69) is 22.0 Å². The van der Waals surface area contributed by atoms with E-state index >= 15 is 0 Å². The maximum absolute atomic E-state index is 12.3. The number of thioether (sulfide) groups is 1. The van der Waals surface area contributed by atoms with E-state index in [0.29, 0.717) is 28.1 Å². The molecule has 4 rings (SSSR count). The van der Waals surface area contributed by atoms with Gasteiger partial charge in [0.05, 0.1) is 12.9 Å². The molecule has 4 aromatic rings. The number of carbonyl (C=O) groups excluding carboxylic acids is 1. The van der Waals surface area contributed by atoms with Crippen molar-refractivity contribution in [2.75, 3.05) is 12.9 Å². The van der Waals surface area contributed by atoms with Crippen molar-refractivity contribution >= 4 is 23.4 Å². The Bertz CT molecular complexity index is 1260. The molecular weight excluding hydrogens is 416 g/mol. The van der Waals surface area contributed by atoms with Crippen molar-refractivity contribution in [1.29, 1.82) is 0 Å². The second-order valence-electron chi connectivity index (χ2n) is 6.63. The van der Waals surface area contributed by atoms with Gasteiger partial charge in [0.25, 0.3) is 5.56 Å². The lowest BCUT2D eigenvalue weighted by molar-refractivity contribution is -0.131. The van der Waals surface area contributed by atoms with Crippen molar-refractivity contribution in [3.63, 3.8) is 0 Å². The highest BCUT2D eigenvalue weighted by Gasteiger charge is 2.14. The highest BCUT2D eigenvalue weighted by Crippen LogP contribution is 2.24. The normalized spacial score (nSPS) is 10.9. The van der Waals surface area contributed by atoms with Crippen LogP contribution >= 0.6 is 11.8 Å². The van der Waals surface area contributed by atoms with Crippen molar-refractivity contribution in [2.45, 2.75) is 18.5 Å². The lowest BCUT2D eigenvalue weighted by Crippen LogP contribution is -2.12. The summed E-state index contributed by atoms with van der Waals surface area (Å²) in [7, 11) is 1.59. The molecule has 0 unspecified atom stereocenters. The quantitative estimate of drug-likeness (QED) is 0.269. The molecule has 2 aromatic heterocycles. The summed E-state index contributed by atoms with van der Waals surface area (Å²) in [6.45, 7) is 2.06. The van der Waals surface area contributed by atoms with E-state index in [4.69, 9.17) is 9.47 Å². The van der Waals surface area contributed by atoms with Crippen LogP contribution in [0.1, 0.15) is 12.5 Å². The van der Waals surface area contributed by atoms with E-state index in [0.717, 1.165) is 23.7 Å². The third-order valence-electron chi connectivity index (χ3n) is 4.56. The maximum atomic E-state index is 12.3. The van der Waals surface area contributed by atoms with Gasteiger partial charge in [0, 0.05) is 11.6 Å². The predicted octanol–water partition coefficient (Wildman–Crippen LogP) is 3.35. The van der Waals surface area contributed by atoms with E-state index in [-0.39, 0.29) is 11.3 Å². The van der Waals surface area contributed by atoms with Gasteiger partial charge in [-0.05, 0) is 48.4 Å². The second kappa shape index (κ2) is 9.05. The van der Waals surface area contributed by atoms with Gasteiger partial charge >= 0.3 is 5.97 Å². The first-order chi connectivity index (χ1) is 15.1. The number of nitrogens with zero attached hydrogens (tertiary/aromatic N) is 3. The molecule has 0 bridgehead atoms. The lowest BCUT2D eigenvalue weighted by Gasteiger charge is -2.08. The van der Waals surface area contributed by atoms with Gasteiger partial charge in [-0.15, -0.1) is 0 Å². The van der Waals surface area contributed by atoms with Crippen LogP contribution in [-0.4, -0.2) is 38.4 Å². The number of rotatable bonds is 7. The Kier molecular flexibility index (Phi) is 6.03. The molecule has 0 saturated carbocycles. The van der Waals surface area contributed by atoms with Crippen LogP contribution in [0.3, 0.4) is 0 Å². The second-order valence-corrected chi connectivity index (χ2v) is 7.58. The molecule has 0 amide bonds. The largest absolute Gasteiger partial charge is 0.497 e. The zero-order chi connectivity index (χ0) is 21.8. The molecule has 0 fully saturated rings. The molecule has 0 atom stereocenters.